The van der Waals surface area contributed by atoms with Crippen LogP contribution in [-0.4, -0.2) is 23.1 Å². The smallest absolute Gasteiger partial charge is 0.239 e. The minimum Gasteiger partial charge on any atom is -0.356 e. The maximum absolute atomic E-state index is 5.32. The van der Waals surface area contributed by atoms with Crippen molar-refractivity contribution in [2.24, 2.45) is 5.84 Å². The Labute approximate surface area is 97.0 Å². The third kappa shape index (κ3) is 3.06. The third-order valence-corrected chi connectivity index (χ3v) is 2.36. The topological polar surface area (TPSA) is 67.1 Å². The Bertz CT molecular complexity index is 320. The van der Waals surface area contributed by atoms with Gasteiger partial charge in [-0.2, -0.15) is 4.98 Å². The molecule has 0 aromatic carbocycles. The number of hydrogen-bond acceptors (Lipinski definition) is 5. The Morgan fingerprint density at radius 1 is 1.31 bits per heavy atom. The molecule has 1 aromatic rings. The summed E-state index contributed by atoms with van der Waals surface area (Å²) in [6, 6.07) is 0. The van der Waals surface area contributed by atoms with Crippen LogP contribution in [0.2, 0.25) is 0 Å². The van der Waals surface area contributed by atoms with Crippen molar-refractivity contribution in [2.75, 3.05) is 23.4 Å². The van der Waals surface area contributed by atoms with Crippen LogP contribution in [0, 0.1) is 6.92 Å². The van der Waals surface area contributed by atoms with E-state index in [4.69, 9.17) is 5.84 Å². The molecule has 0 saturated carbocycles. The van der Waals surface area contributed by atoms with Crippen molar-refractivity contribution in [1.82, 2.24) is 9.97 Å². The number of aryl methyl sites for hydroxylation is 1. The Hall–Kier alpha value is -1.36. The van der Waals surface area contributed by atoms with Gasteiger partial charge in [0.1, 0.15) is 5.82 Å². The highest BCUT2D eigenvalue weighted by Gasteiger charge is 2.10. The molecule has 5 heteroatoms. The quantitative estimate of drug-likeness (QED) is 0.567. The summed E-state index contributed by atoms with van der Waals surface area (Å²) < 4.78 is 0. The number of aromatic nitrogens is 2. The largest absolute Gasteiger partial charge is 0.356 e. The number of anilines is 2. The average Bonchev–Trinajstić information content (AvgIpc) is 2.29. The van der Waals surface area contributed by atoms with Gasteiger partial charge >= 0.3 is 0 Å². The van der Waals surface area contributed by atoms with Crippen LogP contribution in [0.3, 0.4) is 0 Å². The number of hydrazine groups is 1. The molecule has 0 unspecified atom stereocenters. The van der Waals surface area contributed by atoms with Gasteiger partial charge in [-0.25, -0.2) is 10.8 Å². The van der Waals surface area contributed by atoms with Crippen LogP contribution in [0.4, 0.5) is 11.8 Å². The van der Waals surface area contributed by atoms with E-state index < -0.39 is 0 Å². The van der Waals surface area contributed by atoms with E-state index in [0.29, 0.717) is 5.95 Å². The molecule has 1 aromatic heterocycles. The lowest BCUT2D eigenvalue weighted by molar-refractivity contribution is 0.730. The zero-order chi connectivity index (χ0) is 12.0. The molecule has 1 rings (SSSR count). The zero-order valence-electron chi connectivity index (χ0n) is 10.3. The third-order valence-electron chi connectivity index (χ3n) is 2.36. The number of nitrogens with two attached hydrogens (primary N) is 1. The molecule has 0 radical (unpaired) electrons. The summed E-state index contributed by atoms with van der Waals surface area (Å²) in [4.78, 5) is 10.8. The lowest BCUT2D eigenvalue weighted by Crippen LogP contribution is -2.27. The van der Waals surface area contributed by atoms with E-state index in [2.05, 4.69) is 34.1 Å². The van der Waals surface area contributed by atoms with Gasteiger partial charge in [0.05, 0.1) is 0 Å². The molecule has 90 valence electrons. The molecule has 0 spiro atoms. The maximum atomic E-state index is 5.32. The molecular weight excluding hydrogens is 202 g/mol. The SMILES string of the molecule is CCCN(CCC)c1nc(NN)ncc1C. The Kier molecular flexibility index (Phi) is 4.98. The van der Waals surface area contributed by atoms with Gasteiger partial charge in [0.2, 0.25) is 5.95 Å². The summed E-state index contributed by atoms with van der Waals surface area (Å²) in [6.45, 7) is 8.38. The van der Waals surface area contributed by atoms with Crippen LogP contribution >= 0.6 is 0 Å². The fourth-order valence-corrected chi connectivity index (χ4v) is 1.69. The summed E-state index contributed by atoms with van der Waals surface area (Å²) >= 11 is 0. The molecule has 0 amide bonds. The lowest BCUT2D eigenvalue weighted by Gasteiger charge is -2.24. The van der Waals surface area contributed by atoms with Crippen LogP contribution in [0.15, 0.2) is 6.20 Å². The van der Waals surface area contributed by atoms with E-state index >= 15 is 0 Å². The molecule has 0 aliphatic carbocycles. The molecule has 0 aliphatic rings. The van der Waals surface area contributed by atoms with Gasteiger partial charge in [-0.05, 0) is 19.8 Å². The minimum atomic E-state index is 0.470. The molecule has 0 atom stereocenters. The highest BCUT2D eigenvalue weighted by atomic mass is 15.3. The van der Waals surface area contributed by atoms with Crippen molar-refractivity contribution in [1.29, 1.82) is 0 Å². The summed E-state index contributed by atoms with van der Waals surface area (Å²) in [6.07, 6.45) is 4.01. The maximum Gasteiger partial charge on any atom is 0.239 e. The van der Waals surface area contributed by atoms with Crippen LogP contribution < -0.4 is 16.2 Å². The van der Waals surface area contributed by atoms with Gasteiger partial charge in [0.25, 0.3) is 0 Å². The second-order valence-electron chi connectivity index (χ2n) is 3.83. The Morgan fingerprint density at radius 3 is 2.44 bits per heavy atom. The predicted octanol–water partition coefficient (Wildman–Crippen LogP) is 1.70. The van der Waals surface area contributed by atoms with Gasteiger partial charge in [-0.3, -0.25) is 5.43 Å². The highest BCUT2D eigenvalue weighted by Crippen LogP contribution is 2.18. The molecule has 0 saturated heterocycles. The van der Waals surface area contributed by atoms with Gasteiger partial charge < -0.3 is 4.90 Å². The average molecular weight is 223 g/mol. The minimum absolute atomic E-state index is 0.470. The fraction of sp³-hybridized carbons (Fsp3) is 0.636. The number of rotatable bonds is 6. The van der Waals surface area contributed by atoms with Gasteiger partial charge in [0.15, 0.2) is 0 Å². The van der Waals surface area contributed by atoms with Crippen LogP contribution in [0.1, 0.15) is 32.3 Å². The fourth-order valence-electron chi connectivity index (χ4n) is 1.69. The van der Waals surface area contributed by atoms with E-state index in [1.54, 1.807) is 6.20 Å². The van der Waals surface area contributed by atoms with Gasteiger partial charge in [-0.1, -0.05) is 13.8 Å². The van der Waals surface area contributed by atoms with Crippen LogP contribution in [-0.2, 0) is 0 Å². The van der Waals surface area contributed by atoms with Crippen LogP contribution in [0.5, 0.6) is 0 Å². The lowest BCUT2D eigenvalue weighted by atomic mass is 10.3. The molecular formula is C11H21N5. The number of nitrogens with zero attached hydrogens (tertiary/aromatic N) is 3. The summed E-state index contributed by atoms with van der Waals surface area (Å²) in [7, 11) is 0. The first kappa shape index (κ1) is 12.7. The molecule has 0 fully saturated rings. The van der Waals surface area contributed by atoms with Gasteiger partial charge in [-0.15, -0.1) is 0 Å². The normalized spacial score (nSPS) is 10.2. The van der Waals surface area contributed by atoms with E-state index in [1.807, 2.05) is 6.92 Å². The van der Waals surface area contributed by atoms with E-state index in [9.17, 15) is 0 Å². The standard InChI is InChI=1S/C11H21N5/c1-4-6-16(7-5-2)10-9(3)8-13-11(14-10)15-12/h8H,4-7,12H2,1-3H3,(H,13,14,15). The number of nitrogens with one attached hydrogen (secondary N) is 1. The first-order valence-electron chi connectivity index (χ1n) is 5.78. The van der Waals surface area contributed by atoms with E-state index in [1.165, 1.54) is 0 Å². The summed E-state index contributed by atoms with van der Waals surface area (Å²) in [5.74, 6) is 6.77. The zero-order valence-corrected chi connectivity index (χ0v) is 10.3. The number of nitrogen functional groups attached to an aromatic ring is 1. The van der Waals surface area contributed by atoms with Crippen molar-refractivity contribution in [2.45, 2.75) is 33.6 Å². The first-order chi connectivity index (χ1) is 7.72. The predicted molar refractivity (Wildman–Crippen MR) is 67.4 cm³/mol. The first-order valence-corrected chi connectivity index (χ1v) is 5.78. The van der Waals surface area contributed by atoms with Gasteiger partial charge in [0, 0.05) is 24.8 Å². The second kappa shape index (κ2) is 6.27. The van der Waals surface area contributed by atoms with Crippen molar-refractivity contribution < 1.29 is 0 Å². The molecule has 0 aliphatic heterocycles. The van der Waals surface area contributed by atoms with Crippen molar-refractivity contribution in [3.8, 4) is 0 Å². The second-order valence-corrected chi connectivity index (χ2v) is 3.83. The van der Waals surface area contributed by atoms with E-state index in [-0.39, 0.29) is 0 Å². The Morgan fingerprint density at radius 2 is 1.94 bits per heavy atom. The molecule has 5 nitrogen and oxygen atoms in total. The monoisotopic (exact) mass is 223 g/mol. The van der Waals surface area contributed by atoms with Crippen molar-refractivity contribution in [3.63, 3.8) is 0 Å². The summed E-state index contributed by atoms with van der Waals surface area (Å²) in [5.41, 5.74) is 3.57. The van der Waals surface area contributed by atoms with Crippen LogP contribution in [0.25, 0.3) is 0 Å². The Balaban J connectivity index is 2.96. The molecule has 1 heterocycles. The highest BCUT2D eigenvalue weighted by molar-refractivity contribution is 5.48. The molecule has 16 heavy (non-hydrogen) atoms. The van der Waals surface area contributed by atoms with Crippen molar-refractivity contribution >= 4 is 11.8 Å². The van der Waals surface area contributed by atoms with Crippen molar-refractivity contribution in [3.05, 3.63) is 11.8 Å². The molecule has 3 N–H and O–H groups in total. The van der Waals surface area contributed by atoms with E-state index in [0.717, 1.165) is 37.3 Å². The summed E-state index contributed by atoms with van der Waals surface area (Å²) in [5, 5.41) is 0. The molecule has 0 bridgehead atoms. The number of hydrogen-bond donors (Lipinski definition) is 2.